The van der Waals surface area contributed by atoms with Gasteiger partial charge in [-0.1, -0.05) is 6.42 Å². The lowest BCUT2D eigenvalue weighted by atomic mass is 9.82. The lowest BCUT2D eigenvalue weighted by Gasteiger charge is -2.51. The summed E-state index contributed by atoms with van der Waals surface area (Å²) in [5, 5.41) is 0. The van der Waals surface area contributed by atoms with E-state index in [0.717, 1.165) is 19.6 Å². The molecule has 3 heterocycles. The molecule has 3 aliphatic rings. The minimum atomic E-state index is -3.20. The lowest BCUT2D eigenvalue weighted by Crippen LogP contribution is -2.69. The van der Waals surface area contributed by atoms with Crippen LogP contribution in [0.25, 0.3) is 0 Å². The molecular weight excluding hydrogens is 392 g/mol. The van der Waals surface area contributed by atoms with Crippen molar-refractivity contribution in [3.63, 3.8) is 0 Å². The maximum atomic E-state index is 13.1. The van der Waals surface area contributed by atoms with Gasteiger partial charge in [0.15, 0.2) is 9.84 Å². The Bertz CT molecular complexity index is 873. The molecule has 0 N–H and O–H groups in total. The molecule has 1 aromatic carbocycles. The zero-order valence-corrected chi connectivity index (χ0v) is 18.0. The number of sulfone groups is 1. The Balaban J connectivity index is 1.50. The van der Waals surface area contributed by atoms with Gasteiger partial charge in [-0.2, -0.15) is 0 Å². The molecule has 1 aromatic rings. The highest BCUT2D eigenvalue weighted by Gasteiger charge is 2.62. The van der Waals surface area contributed by atoms with Crippen LogP contribution in [0.15, 0.2) is 18.2 Å². The molecule has 4 rings (SSSR count). The molecule has 0 aliphatic carbocycles. The first-order valence-electron chi connectivity index (χ1n) is 10.4. The van der Waals surface area contributed by atoms with Gasteiger partial charge in [0.25, 0.3) is 5.91 Å². The van der Waals surface area contributed by atoms with Gasteiger partial charge in [0.1, 0.15) is 16.2 Å². The van der Waals surface area contributed by atoms with Gasteiger partial charge in [0, 0.05) is 25.7 Å². The Morgan fingerprint density at radius 3 is 2.52 bits per heavy atom. The first kappa shape index (κ1) is 20.5. The van der Waals surface area contributed by atoms with Gasteiger partial charge in [-0.25, -0.2) is 8.42 Å². The second-order valence-corrected chi connectivity index (χ2v) is 10.9. The summed E-state index contributed by atoms with van der Waals surface area (Å²) in [5.41, 5.74) is 0.436. The standard InChI is InChI=1S/C21H30N2O5S/c1-27-17-6-7-18(19(12-17)28-2)20(24)23-14-21(15-23)16(8-11-29(21,25)26)13-22-9-4-3-5-10-22/h6-7,12,16H,3-5,8-11,13-15H2,1-2H3. The van der Waals surface area contributed by atoms with Crippen LogP contribution in [0.4, 0.5) is 0 Å². The van der Waals surface area contributed by atoms with Crippen LogP contribution in [0.2, 0.25) is 0 Å². The molecule has 1 unspecified atom stereocenters. The highest BCUT2D eigenvalue weighted by atomic mass is 32.2. The van der Waals surface area contributed by atoms with Crippen LogP contribution in [-0.2, 0) is 9.84 Å². The first-order chi connectivity index (χ1) is 13.9. The second kappa shape index (κ2) is 7.80. The molecule has 8 heteroatoms. The smallest absolute Gasteiger partial charge is 0.257 e. The first-order valence-corrected chi connectivity index (χ1v) is 12.0. The van der Waals surface area contributed by atoms with Gasteiger partial charge in [0.2, 0.25) is 0 Å². The van der Waals surface area contributed by atoms with E-state index in [9.17, 15) is 13.2 Å². The number of methoxy groups -OCH3 is 2. The van der Waals surface area contributed by atoms with Crippen molar-refractivity contribution in [3.05, 3.63) is 23.8 Å². The van der Waals surface area contributed by atoms with E-state index in [1.54, 1.807) is 30.2 Å². The van der Waals surface area contributed by atoms with Crippen molar-refractivity contribution in [3.8, 4) is 11.5 Å². The molecule has 3 saturated heterocycles. The average Bonchev–Trinajstić information content (AvgIpc) is 2.96. The molecule has 0 radical (unpaired) electrons. The molecule has 29 heavy (non-hydrogen) atoms. The number of amides is 1. The summed E-state index contributed by atoms with van der Waals surface area (Å²) in [6.45, 7) is 3.49. The average molecular weight is 423 g/mol. The van der Waals surface area contributed by atoms with Gasteiger partial charge in [-0.3, -0.25) is 4.79 Å². The molecule has 0 bridgehead atoms. The van der Waals surface area contributed by atoms with Crippen molar-refractivity contribution in [1.82, 2.24) is 9.80 Å². The summed E-state index contributed by atoms with van der Waals surface area (Å²) in [5.74, 6) is 1.20. The van der Waals surface area contributed by atoms with Crippen molar-refractivity contribution < 1.29 is 22.7 Å². The molecule has 0 aromatic heterocycles. The summed E-state index contributed by atoms with van der Waals surface area (Å²) in [4.78, 5) is 17.1. The minimum absolute atomic E-state index is 0.104. The van der Waals surface area contributed by atoms with Crippen LogP contribution in [0.5, 0.6) is 11.5 Å². The summed E-state index contributed by atoms with van der Waals surface area (Å²) >= 11 is 0. The van der Waals surface area contributed by atoms with Crippen LogP contribution in [-0.4, -0.2) is 81.6 Å². The topological polar surface area (TPSA) is 76.2 Å². The number of carbonyl (C=O) groups is 1. The van der Waals surface area contributed by atoms with Gasteiger partial charge < -0.3 is 19.3 Å². The second-order valence-electron chi connectivity index (χ2n) is 8.46. The van der Waals surface area contributed by atoms with E-state index in [0.29, 0.717) is 23.5 Å². The number of ether oxygens (including phenoxy) is 2. The normalized spacial score (nSPS) is 25.6. The van der Waals surface area contributed by atoms with Crippen molar-refractivity contribution >= 4 is 15.7 Å². The van der Waals surface area contributed by atoms with Gasteiger partial charge >= 0.3 is 0 Å². The number of likely N-dealkylation sites (tertiary alicyclic amines) is 2. The van der Waals surface area contributed by atoms with Crippen LogP contribution in [0.1, 0.15) is 36.0 Å². The highest BCUT2D eigenvalue weighted by Crippen LogP contribution is 2.46. The monoisotopic (exact) mass is 422 g/mol. The summed E-state index contributed by atoms with van der Waals surface area (Å²) in [6, 6.07) is 5.07. The van der Waals surface area contributed by atoms with Gasteiger partial charge in [0.05, 0.1) is 25.5 Å². The molecule has 3 fully saturated rings. The quantitative estimate of drug-likeness (QED) is 0.721. The van der Waals surface area contributed by atoms with Crippen LogP contribution in [0, 0.1) is 5.92 Å². The molecule has 0 saturated carbocycles. The number of benzene rings is 1. The van der Waals surface area contributed by atoms with Crippen LogP contribution >= 0.6 is 0 Å². The van der Waals surface area contributed by atoms with E-state index in [1.165, 1.54) is 26.4 Å². The zero-order chi connectivity index (χ0) is 20.6. The number of rotatable bonds is 5. The molecule has 160 valence electrons. The largest absolute Gasteiger partial charge is 0.497 e. The third-order valence-corrected chi connectivity index (χ3v) is 9.47. The third kappa shape index (κ3) is 3.50. The Kier molecular flexibility index (Phi) is 5.50. The summed E-state index contributed by atoms with van der Waals surface area (Å²) in [7, 11) is -0.125. The van der Waals surface area contributed by atoms with Crippen molar-refractivity contribution in [2.75, 3.05) is 52.7 Å². The van der Waals surface area contributed by atoms with Crippen molar-refractivity contribution in [1.29, 1.82) is 0 Å². The SMILES string of the molecule is COc1ccc(C(=O)N2CC3(C2)C(CN2CCCCC2)CCS3(=O)=O)c(OC)c1. The number of hydrogen-bond acceptors (Lipinski definition) is 6. The van der Waals surface area contributed by atoms with Gasteiger partial charge in [-0.05, 0) is 50.4 Å². The number of hydrogen-bond donors (Lipinski definition) is 0. The minimum Gasteiger partial charge on any atom is -0.497 e. The fourth-order valence-electron chi connectivity index (χ4n) is 5.07. The van der Waals surface area contributed by atoms with E-state index < -0.39 is 14.6 Å². The molecule has 1 spiro atoms. The predicted molar refractivity (Wildman–Crippen MR) is 110 cm³/mol. The zero-order valence-electron chi connectivity index (χ0n) is 17.2. The molecule has 7 nitrogen and oxygen atoms in total. The number of carbonyl (C=O) groups excluding carboxylic acids is 1. The van der Waals surface area contributed by atoms with E-state index in [2.05, 4.69) is 4.90 Å². The Hall–Kier alpha value is -1.80. The van der Waals surface area contributed by atoms with Crippen molar-refractivity contribution in [2.45, 2.75) is 30.4 Å². The summed E-state index contributed by atoms with van der Waals surface area (Å²) in [6.07, 6.45) is 4.34. The fourth-order valence-corrected chi connectivity index (χ4v) is 7.48. The molecule has 1 atom stereocenters. The third-order valence-electron chi connectivity index (χ3n) is 6.87. The van der Waals surface area contributed by atoms with Crippen LogP contribution in [0.3, 0.4) is 0 Å². The highest BCUT2D eigenvalue weighted by molar-refractivity contribution is 7.93. The van der Waals surface area contributed by atoms with E-state index in [4.69, 9.17) is 9.47 Å². The Labute approximate surface area is 172 Å². The van der Waals surface area contributed by atoms with E-state index in [-0.39, 0.29) is 30.7 Å². The maximum Gasteiger partial charge on any atom is 0.257 e. The molecule has 3 aliphatic heterocycles. The molecular formula is C21H30N2O5S. The van der Waals surface area contributed by atoms with Gasteiger partial charge in [-0.15, -0.1) is 0 Å². The number of piperidine rings is 1. The van der Waals surface area contributed by atoms with Crippen molar-refractivity contribution in [2.24, 2.45) is 5.92 Å². The Morgan fingerprint density at radius 1 is 1.14 bits per heavy atom. The van der Waals surface area contributed by atoms with E-state index in [1.807, 2.05) is 0 Å². The van der Waals surface area contributed by atoms with E-state index >= 15 is 0 Å². The summed E-state index contributed by atoms with van der Waals surface area (Å²) < 4.78 is 35.6. The fraction of sp³-hybridized carbons (Fsp3) is 0.667. The number of nitrogens with zero attached hydrogens (tertiary/aromatic N) is 2. The predicted octanol–water partition coefficient (Wildman–Crippen LogP) is 1.82. The lowest BCUT2D eigenvalue weighted by molar-refractivity contribution is 0.0409. The molecule has 1 amide bonds. The van der Waals surface area contributed by atoms with Crippen LogP contribution < -0.4 is 9.47 Å². The maximum absolute atomic E-state index is 13.1. The Morgan fingerprint density at radius 2 is 1.86 bits per heavy atom.